The molecule has 0 aliphatic heterocycles. The van der Waals surface area contributed by atoms with Gasteiger partial charge in [-0.25, -0.2) is 0 Å². The average Bonchev–Trinajstić information content (AvgIpc) is 2.12. The minimum Gasteiger partial charge on any atom is -0.0594 e. The van der Waals surface area contributed by atoms with Gasteiger partial charge in [0.25, 0.3) is 0 Å². The first-order chi connectivity index (χ1) is 5.26. The van der Waals surface area contributed by atoms with E-state index in [4.69, 9.17) is 0 Å². The van der Waals surface area contributed by atoms with E-state index in [1.54, 1.807) is 38.5 Å². The smallest absolute Gasteiger partial charge is 0.0292 e. The van der Waals surface area contributed by atoms with E-state index in [9.17, 15) is 0 Å². The highest BCUT2D eigenvalue weighted by atomic mass is 14.6. The summed E-state index contributed by atoms with van der Waals surface area (Å²) in [6, 6.07) is 0. The van der Waals surface area contributed by atoms with E-state index in [1.807, 2.05) is 0 Å². The van der Waals surface area contributed by atoms with Gasteiger partial charge in [-0.2, -0.15) is 0 Å². The van der Waals surface area contributed by atoms with Gasteiger partial charge >= 0.3 is 0 Å². The molecule has 0 N–H and O–H groups in total. The lowest BCUT2D eigenvalue weighted by Gasteiger charge is -2.42. The zero-order valence-corrected chi connectivity index (χ0v) is 7.47. The fourth-order valence-electron chi connectivity index (χ4n) is 4.36. The molecule has 0 aromatic heterocycles. The van der Waals surface area contributed by atoms with Crippen LogP contribution >= 0.6 is 0 Å². The molecule has 4 unspecified atom stereocenters. The predicted molar refractivity (Wildman–Crippen MR) is 46.3 cm³/mol. The van der Waals surface area contributed by atoms with Crippen molar-refractivity contribution in [2.45, 2.75) is 45.4 Å². The summed E-state index contributed by atoms with van der Waals surface area (Å²) in [4.78, 5) is 0. The lowest BCUT2D eigenvalue weighted by Crippen LogP contribution is -2.32. The van der Waals surface area contributed by atoms with Crippen LogP contribution in [0.5, 0.6) is 0 Å². The van der Waals surface area contributed by atoms with Gasteiger partial charge in [-0.3, -0.25) is 0 Å². The molecule has 0 amide bonds. The second kappa shape index (κ2) is 1.84. The maximum Gasteiger partial charge on any atom is -0.0292 e. The van der Waals surface area contributed by atoms with Crippen molar-refractivity contribution >= 4 is 0 Å². The molecule has 3 saturated carbocycles. The molecule has 0 aromatic rings. The third-order valence-electron chi connectivity index (χ3n) is 4.70. The summed E-state index contributed by atoms with van der Waals surface area (Å²) in [5, 5.41) is 0. The van der Waals surface area contributed by atoms with Gasteiger partial charge in [0.15, 0.2) is 0 Å². The molecule has 0 saturated heterocycles. The lowest BCUT2D eigenvalue weighted by molar-refractivity contribution is 0.0800. The number of hydrogen-bond acceptors (Lipinski definition) is 0. The van der Waals surface area contributed by atoms with Crippen LogP contribution in [0.4, 0.5) is 0 Å². The van der Waals surface area contributed by atoms with Gasteiger partial charge in [-0.1, -0.05) is 13.3 Å². The largest absolute Gasteiger partial charge is 0.0594 e. The van der Waals surface area contributed by atoms with Crippen LogP contribution in [0.3, 0.4) is 0 Å². The van der Waals surface area contributed by atoms with Gasteiger partial charge in [0.1, 0.15) is 0 Å². The van der Waals surface area contributed by atoms with Crippen LogP contribution in [0.15, 0.2) is 0 Å². The van der Waals surface area contributed by atoms with Gasteiger partial charge in [-0.15, -0.1) is 0 Å². The second-order valence-electron chi connectivity index (χ2n) is 5.54. The van der Waals surface area contributed by atoms with Crippen molar-refractivity contribution in [3.05, 3.63) is 0 Å². The summed E-state index contributed by atoms with van der Waals surface area (Å²) >= 11 is 0. The van der Waals surface area contributed by atoms with Crippen LogP contribution in [0.2, 0.25) is 0 Å². The minimum absolute atomic E-state index is 0.811. The van der Waals surface area contributed by atoms with Gasteiger partial charge in [-0.05, 0) is 55.3 Å². The molecule has 0 radical (unpaired) electrons. The fourth-order valence-corrected chi connectivity index (χ4v) is 4.36. The molecule has 0 aromatic carbocycles. The molecule has 3 fully saturated rings. The molecular weight excluding hydrogens is 132 g/mol. The summed E-state index contributed by atoms with van der Waals surface area (Å²) in [5.74, 6) is 3.41. The van der Waals surface area contributed by atoms with Gasteiger partial charge in [0, 0.05) is 0 Å². The van der Waals surface area contributed by atoms with Crippen molar-refractivity contribution < 1.29 is 0 Å². The van der Waals surface area contributed by atoms with Crippen LogP contribution in [-0.2, 0) is 0 Å². The molecule has 11 heavy (non-hydrogen) atoms. The average molecular weight is 150 g/mol. The van der Waals surface area contributed by atoms with E-state index >= 15 is 0 Å². The zero-order valence-electron chi connectivity index (χ0n) is 7.47. The lowest BCUT2D eigenvalue weighted by atomic mass is 9.63. The highest BCUT2D eigenvalue weighted by Gasteiger charge is 2.51. The van der Waals surface area contributed by atoms with Crippen molar-refractivity contribution in [2.24, 2.45) is 23.2 Å². The first kappa shape index (κ1) is 6.51. The first-order valence-corrected chi connectivity index (χ1v) is 5.26. The van der Waals surface area contributed by atoms with Crippen LogP contribution in [0.1, 0.15) is 45.4 Å². The summed E-state index contributed by atoms with van der Waals surface area (Å²) in [6.07, 6.45) is 9.47. The minimum atomic E-state index is 0.811. The third kappa shape index (κ3) is 0.761. The van der Waals surface area contributed by atoms with E-state index in [1.165, 1.54) is 0 Å². The fraction of sp³-hybridized carbons (Fsp3) is 1.00. The Morgan fingerprint density at radius 2 is 1.82 bits per heavy atom. The van der Waals surface area contributed by atoms with E-state index in [2.05, 4.69) is 6.92 Å². The van der Waals surface area contributed by atoms with Gasteiger partial charge < -0.3 is 0 Å². The maximum absolute atomic E-state index is 2.56. The van der Waals surface area contributed by atoms with E-state index in [-0.39, 0.29) is 0 Å². The number of hydrogen-bond donors (Lipinski definition) is 0. The molecule has 0 spiro atoms. The number of fused-ring (bicyclic) bond motifs is 2. The van der Waals surface area contributed by atoms with Crippen molar-refractivity contribution in [3.63, 3.8) is 0 Å². The van der Waals surface area contributed by atoms with Crippen molar-refractivity contribution in [1.82, 2.24) is 0 Å². The number of rotatable bonds is 0. The summed E-state index contributed by atoms with van der Waals surface area (Å²) < 4.78 is 0. The molecule has 4 atom stereocenters. The van der Waals surface area contributed by atoms with Crippen LogP contribution in [0.25, 0.3) is 0 Å². The standard InChI is InChI=1S/C11H18/c1-11-6-8-2-3-10(11)5-9(4-8)7-11/h8-10H,2-7H2,1H3. The Hall–Kier alpha value is 0. The Balaban J connectivity index is 2.00. The van der Waals surface area contributed by atoms with E-state index < -0.39 is 0 Å². The maximum atomic E-state index is 2.56. The highest BCUT2D eigenvalue weighted by Crippen LogP contribution is 2.62. The normalized spacial score (nSPS) is 60.3. The van der Waals surface area contributed by atoms with Crippen LogP contribution in [0, 0.1) is 23.2 Å². The topological polar surface area (TPSA) is 0 Å². The monoisotopic (exact) mass is 150 g/mol. The molecule has 3 bridgehead atoms. The summed E-state index contributed by atoms with van der Waals surface area (Å²) in [7, 11) is 0. The Kier molecular flexibility index (Phi) is 1.09. The van der Waals surface area contributed by atoms with Crippen molar-refractivity contribution in [3.8, 4) is 0 Å². The second-order valence-corrected chi connectivity index (χ2v) is 5.54. The van der Waals surface area contributed by atoms with Crippen LogP contribution < -0.4 is 0 Å². The molecule has 3 aliphatic rings. The third-order valence-corrected chi connectivity index (χ3v) is 4.70. The van der Waals surface area contributed by atoms with Crippen molar-refractivity contribution in [1.29, 1.82) is 0 Å². The molecule has 0 nitrogen and oxygen atoms in total. The Morgan fingerprint density at radius 3 is 2.73 bits per heavy atom. The van der Waals surface area contributed by atoms with Crippen LogP contribution in [-0.4, -0.2) is 0 Å². The molecule has 3 aliphatic carbocycles. The molecule has 0 heterocycles. The molecule has 3 rings (SSSR count). The van der Waals surface area contributed by atoms with Gasteiger partial charge in [0.05, 0.1) is 0 Å². The predicted octanol–water partition coefficient (Wildman–Crippen LogP) is 3.22. The Morgan fingerprint density at radius 1 is 1.00 bits per heavy atom. The van der Waals surface area contributed by atoms with E-state index in [0.29, 0.717) is 0 Å². The Labute approximate surface area is 69.4 Å². The SMILES string of the molecule is CC12CC3CCC1CC(C3)C2. The quantitative estimate of drug-likeness (QED) is 0.497. The first-order valence-electron chi connectivity index (χ1n) is 5.26. The van der Waals surface area contributed by atoms with Crippen molar-refractivity contribution in [2.75, 3.05) is 0 Å². The Bertz CT molecular complexity index is 184. The summed E-state index contributed by atoms with van der Waals surface area (Å²) in [6.45, 7) is 2.56. The highest BCUT2D eigenvalue weighted by molar-refractivity contribution is 5.01. The molecular formula is C11H18. The molecule has 0 heteroatoms. The van der Waals surface area contributed by atoms with E-state index in [0.717, 1.165) is 23.2 Å². The zero-order chi connectivity index (χ0) is 7.47. The summed E-state index contributed by atoms with van der Waals surface area (Å²) in [5.41, 5.74) is 0.811. The molecule has 62 valence electrons. The van der Waals surface area contributed by atoms with Gasteiger partial charge in [0.2, 0.25) is 0 Å².